The molecule has 5 heteroatoms. The molecule has 5 nitrogen and oxygen atoms in total. The minimum absolute atomic E-state index is 0.115. The molecule has 1 aliphatic carbocycles. The van der Waals surface area contributed by atoms with E-state index in [1.54, 1.807) is 11.8 Å². The largest absolute Gasteiger partial charge is 0.481 e. The predicted molar refractivity (Wildman–Crippen MR) is 62.7 cm³/mol. The van der Waals surface area contributed by atoms with Gasteiger partial charge >= 0.3 is 12.0 Å². The van der Waals surface area contributed by atoms with Gasteiger partial charge in [-0.1, -0.05) is 12.8 Å². The van der Waals surface area contributed by atoms with E-state index in [0.29, 0.717) is 26.1 Å². The first-order valence-corrected chi connectivity index (χ1v) is 6.27. The van der Waals surface area contributed by atoms with Gasteiger partial charge in [0.25, 0.3) is 0 Å². The van der Waals surface area contributed by atoms with Gasteiger partial charge in [0.1, 0.15) is 0 Å². The van der Waals surface area contributed by atoms with Crippen LogP contribution < -0.4 is 5.32 Å². The summed E-state index contributed by atoms with van der Waals surface area (Å²) in [6.07, 6.45) is 4.17. The molecular formula is C12H20N2O3. The molecule has 0 bridgehead atoms. The second kappa shape index (κ2) is 4.55. The molecule has 2 aliphatic rings. The minimum Gasteiger partial charge on any atom is -0.481 e. The average Bonchev–Trinajstić information content (AvgIpc) is 3.00. The highest BCUT2D eigenvalue weighted by Crippen LogP contribution is 2.32. The number of carbonyl (C=O) groups is 2. The van der Waals surface area contributed by atoms with Crippen LogP contribution in [0.3, 0.4) is 0 Å². The van der Waals surface area contributed by atoms with Crippen molar-refractivity contribution in [2.45, 2.75) is 32.6 Å². The highest BCUT2D eigenvalue weighted by molar-refractivity contribution is 5.79. The van der Waals surface area contributed by atoms with Gasteiger partial charge in [-0.05, 0) is 25.7 Å². The van der Waals surface area contributed by atoms with Crippen molar-refractivity contribution in [2.24, 2.45) is 11.3 Å². The van der Waals surface area contributed by atoms with E-state index in [2.05, 4.69) is 5.32 Å². The molecule has 0 aromatic heterocycles. The summed E-state index contributed by atoms with van der Waals surface area (Å²) in [5, 5.41) is 11.9. The normalized spacial score (nSPS) is 28.2. The molecule has 0 radical (unpaired) electrons. The third kappa shape index (κ3) is 2.90. The Balaban J connectivity index is 1.74. The van der Waals surface area contributed by atoms with Gasteiger partial charge in [0.2, 0.25) is 0 Å². The van der Waals surface area contributed by atoms with Crippen LogP contribution in [0.2, 0.25) is 0 Å². The molecule has 0 spiro atoms. The van der Waals surface area contributed by atoms with Gasteiger partial charge in [0, 0.05) is 19.6 Å². The minimum atomic E-state index is -0.814. The fourth-order valence-corrected chi connectivity index (χ4v) is 2.21. The molecule has 1 saturated heterocycles. The van der Waals surface area contributed by atoms with Crippen molar-refractivity contribution in [1.82, 2.24) is 10.2 Å². The number of nitrogens with one attached hydrogen (secondary N) is 1. The molecule has 17 heavy (non-hydrogen) atoms. The van der Waals surface area contributed by atoms with Crippen molar-refractivity contribution in [3.63, 3.8) is 0 Å². The van der Waals surface area contributed by atoms with Crippen LogP contribution in [0.5, 0.6) is 0 Å². The van der Waals surface area contributed by atoms with E-state index >= 15 is 0 Å². The van der Waals surface area contributed by atoms with Gasteiger partial charge in [-0.25, -0.2) is 4.79 Å². The second-order valence-electron chi connectivity index (χ2n) is 5.50. The maximum atomic E-state index is 11.8. The predicted octanol–water partition coefficient (Wildman–Crippen LogP) is 1.29. The van der Waals surface area contributed by atoms with Gasteiger partial charge in [-0.2, -0.15) is 0 Å². The van der Waals surface area contributed by atoms with Crippen LogP contribution >= 0.6 is 0 Å². The topological polar surface area (TPSA) is 69.6 Å². The van der Waals surface area contributed by atoms with E-state index in [1.807, 2.05) is 0 Å². The third-order valence-electron chi connectivity index (χ3n) is 3.80. The zero-order chi connectivity index (χ0) is 12.5. The number of carboxylic acid groups (broad SMARTS) is 1. The summed E-state index contributed by atoms with van der Waals surface area (Å²) >= 11 is 0. The van der Waals surface area contributed by atoms with Crippen LogP contribution in [-0.4, -0.2) is 41.6 Å². The first kappa shape index (κ1) is 12.2. The van der Waals surface area contributed by atoms with Gasteiger partial charge in [-0.3, -0.25) is 4.79 Å². The number of hydrogen-bond donors (Lipinski definition) is 2. The molecule has 96 valence electrons. The molecule has 0 aromatic carbocycles. The molecule has 0 aromatic rings. The summed E-state index contributed by atoms with van der Waals surface area (Å²) in [6, 6.07) is -0.115. The fraction of sp³-hybridized carbons (Fsp3) is 0.833. The number of nitrogens with zero attached hydrogens (tertiary/aromatic N) is 1. The van der Waals surface area contributed by atoms with Crippen molar-refractivity contribution >= 4 is 12.0 Å². The van der Waals surface area contributed by atoms with Crippen LogP contribution in [0.15, 0.2) is 0 Å². The first-order chi connectivity index (χ1) is 8.01. The van der Waals surface area contributed by atoms with Crippen molar-refractivity contribution in [1.29, 1.82) is 0 Å². The molecule has 1 unspecified atom stereocenters. The lowest BCUT2D eigenvalue weighted by atomic mass is 9.90. The average molecular weight is 240 g/mol. The summed E-state index contributed by atoms with van der Waals surface area (Å²) in [5.74, 6) is -0.0102. The smallest absolute Gasteiger partial charge is 0.317 e. The van der Waals surface area contributed by atoms with E-state index in [0.717, 1.165) is 12.3 Å². The summed E-state index contributed by atoms with van der Waals surface area (Å²) in [5.41, 5.74) is -0.770. The van der Waals surface area contributed by atoms with Gasteiger partial charge < -0.3 is 15.3 Å². The number of rotatable bonds is 4. The molecule has 1 atom stereocenters. The molecule has 1 heterocycles. The summed E-state index contributed by atoms with van der Waals surface area (Å²) in [7, 11) is 0. The van der Waals surface area contributed by atoms with E-state index in [4.69, 9.17) is 5.11 Å². The number of amides is 2. The van der Waals surface area contributed by atoms with Crippen molar-refractivity contribution in [3.8, 4) is 0 Å². The van der Waals surface area contributed by atoms with Crippen LogP contribution in [0.1, 0.15) is 32.6 Å². The van der Waals surface area contributed by atoms with Crippen LogP contribution in [-0.2, 0) is 4.79 Å². The molecule has 2 fully saturated rings. The number of urea groups is 1. The second-order valence-corrected chi connectivity index (χ2v) is 5.50. The van der Waals surface area contributed by atoms with E-state index in [1.165, 1.54) is 12.8 Å². The Morgan fingerprint density at radius 3 is 2.71 bits per heavy atom. The number of carboxylic acids is 1. The van der Waals surface area contributed by atoms with Crippen molar-refractivity contribution in [3.05, 3.63) is 0 Å². The molecule has 2 N–H and O–H groups in total. The Morgan fingerprint density at radius 1 is 1.47 bits per heavy atom. The monoisotopic (exact) mass is 240 g/mol. The zero-order valence-corrected chi connectivity index (χ0v) is 10.2. The van der Waals surface area contributed by atoms with Crippen molar-refractivity contribution in [2.75, 3.05) is 19.6 Å². The molecule has 2 amide bonds. The summed E-state index contributed by atoms with van der Waals surface area (Å²) in [6.45, 7) is 3.27. The quantitative estimate of drug-likeness (QED) is 0.778. The van der Waals surface area contributed by atoms with E-state index < -0.39 is 11.4 Å². The molecule has 1 saturated carbocycles. The van der Waals surface area contributed by atoms with Crippen LogP contribution in [0.4, 0.5) is 4.79 Å². The number of carbonyl (C=O) groups excluding carboxylic acids is 1. The summed E-state index contributed by atoms with van der Waals surface area (Å²) < 4.78 is 0. The standard InChI is InChI=1S/C12H20N2O3/c1-12(10(15)16)5-7-14(8-12)11(17)13-6-4-9-2-3-9/h9H,2-8H2,1H3,(H,13,17)(H,15,16). The summed E-state index contributed by atoms with van der Waals surface area (Å²) in [4.78, 5) is 24.4. The molecule has 2 rings (SSSR count). The van der Waals surface area contributed by atoms with E-state index in [-0.39, 0.29) is 6.03 Å². The Labute approximate surface area is 101 Å². The number of hydrogen-bond acceptors (Lipinski definition) is 2. The van der Waals surface area contributed by atoms with Crippen LogP contribution in [0, 0.1) is 11.3 Å². The van der Waals surface area contributed by atoms with Crippen molar-refractivity contribution < 1.29 is 14.7 Å². The zero-order valence-electron chi connectivity index (χ0n) is 10.2. The van der Waals surface area contributed by atoms with Crippen LogP contribution in [0.25, 0.3) is 0 Å². The maximum absolute atomic E-state index is 11.8. The van der Waals surface area contributed by atoms with E-state index in [9.17, 15) is 9.59 Å². The highest BCUT2D eigenvalue weighted by atomic mass is 16.4. The lowest BCUT2D eigenvalue weighted by Crippen LogP contribution is -2.41. The SMILES string of the molecule is CC1(C(=O)O)CCN(C(=O)NCCC2CC2)C1. The Bertz CT molecular complexity index is 328. The lowest BCUT2D eigenvalue weighted by Gasteiger charge is -2.20. The van der Waals surface area contributed by atoms with Gasteiger partial charge in [-0.15, -0.1) is 0 Å². The maximum Gasteiger partial charge on any atom is 0.317 e. The molecule has 1 aliphatic heterocycles. The Hall–Kier alpha value is -1.26. The highest BCUT2D eigenvalue weighted by Gasteiger charge is 2.42. The first-order valence-electron chi connectivity index (χ1n) is 6.27. The fourth-order valence-electron chi connectivity index (χ4n) is 2.21. The number of likely N-dealkylation sites (tertiary alicyclic amines) is 1. The Kier molecular flexibility index (Phi) is 3.26. The lowest BCUT2D eigenvalue weighted by molar-refractivity contribution is -0.146. The molecular weight excluding hydrogens is 220 g/mol. The third-order valence-corrected chi connectivity index (χ3v) is 3.80. The Morgan fingerprint density at radius 2 is 2.18 bits per heavy atom. The number of aliphatic carboxylic acids is 1. The van der Waals surface area contributed by atoms with Gasteiger partial charge in [0.05, 0.1) is 5.41 Å². The van der Waals surface area contributed by atoms with Gasteiger partial charge in [0.15, 0.2) is 0 Å².